The maximum absolute atomic E-state index is 14.9. The molecule has 0 bridgehead atoms. The fourth-order valence-electron chi connectivity index (χ4n) is 2.99. The van der Waals surface area contributed by atoms with E-state index in [-0.39, 0.29) is 30.0 Å². The monoisotopic (exact) mass is 385 g/mol. The average molecular weight is 385 g/mol. The number of allylic oxidation sites excluding steroid dienone is 1. The maximum atomic E-state index is 14.9. The van der Waals surface area contributed by atoms with E-state index in [2.05, 4.69) is 6.58 Å². The van der Waals surface area contributed by atoms with E-state index in [1.807, 2.05) is 32.9 Å². The molecule has 0 aliphatic rings. The second kappa shape index (κ2) is 8.91. The maximum Gasteiger partial charge on any atom is 0.259 e. The van der Waals surface area contributed by atoms with E-state index < -0.39 is 0 Å². The number of amides is 1. The molecule has 0 radical (unpaired) electrons. The number of aromatic hydroxyl groups is 1. The van der Waals surface area contributed by atoms with Crippen LogP contribution in [0.2, 0.25) is 0 Å². The molecule has 1 N–H and O–H groups in total. The van der Waals surface area contributed by atoms with Crippen LogP contribution < -0.4 is 4.74 Å². The van der Waals surface area contributed by atoms with Crippen molar-refractivity contribution in [1.29, 1.82) is 0 Å². The van der Waals surface area contributed by atoms with Gasteiger partial charge in [-0.15, -0.1) is 0 Å². The number of phenolic OH excluding ortho intramolecular Hbond substituents is 1. The third kappa shape index (κ3) is 4.91. The van der Waals surface area contributed by atoms with E-state index in [4.69, 9.17) is 4.74 Å². The van der Waals surface area contributed by atoms with Crippen molar-refractivity contribution in [2.75, 3.05) is 20.7 Å². The Hall–Kier alpha value is -2.82. The molecule has 0 saturated heterocycles. The summed E-state index contributed by atoms with van der Waals surface area (Å²) in [5.41, 5.74) is 3.42. The first-order valence-corrected chi connectivity index (χ1v) is 9.23. The molecule has 0 aliphatic heterocycles. The zero-order valence-electron chi connectivity index (χ0n) is 17.2. The van der Waals surface area contributed by atoms with Gasteiger partial charge in [-0.25, -0.2) is 4.39 Å². The largest absolute Gasteiger partial charge is 0.508 e. The molecule has 5 heteroatoms. The number of nitrogens with zero attached hydrogens (tertiary/aromatic N) is 1. The molecule has 0 saturated carbocycles. The summed E-state index contributed by atoms with van der Waals surface area (Å²) in [5.74, 6) is -0.0878. The molecule has 4 nitrogen and oxygen atoms in total. The van der Waals surface area contributed by atoms with E-state index in [0.717, 1.165) is 16.7 Å². The molecule has 2 rings (SSSR count). The molecule has 0 atom stereocenters. The van der Waals surface area contributed by atoms with Crippen LogP contribution in [0, 0.1) is 5.82 Å². The lowest BCUT2D eigenvalue weighted by Crippen LogP contribution is -2.27. The van der Waals surface area contributed by atoms with Crippen molar-refractivity contribution in [3.8, 4) is 11.5 Å². The molecule has 0 aromatic heterocycles. The van der Waals surface area contributed by atoms with Gasteiger partial charge in [0, 0.05) is 26.1 Å². The van der Waals surface area contributed by atoms with Gasteiger partial charge in [0.2, 0.25) is 0 Å². The van der Waals surface area contributed by atoms with Gasteiger partial charge in [0.1, 0.15) is 17.3 Å². The number of halogens is 1. The van der Waals surface area contributed by atoms with E-state index in [1.54, 1.807) is 32.3 Å². The molecule has 1 amide bonds. The molecule has 0 aliphatic carbocycles. The second-order valence-electron chi connectivity index (χ2n) is 7.48. The lowest BCUT2D eigenvalue weighted by molar-refractivity contribution is -0.130. The van der Waals surface area contributed by atoms with E-state index in [9.17, 15) is 14.3 Å². The standard InChI is InChI=1S/C23H28FNO3/c1-14(2)19-12-18(28-13-21(27)25(5)6)9-7-16(19)11-17-8-10-20(26)22(15(3)4)23(17)24/h7-10,12,15,26H,1,11,13H2,2-6H3. The molecule has 28 heavy (non-hydrogen) atoms. The number of ether oxygens (including phenoxy) is 1. The Balaban J connectivity index is 2.33. The average Bonchev–Trinajstić information content (AvgIpc) is 2.62. The van der Waals surface area contributed by atoms with Gasteiger partial charge >= 0.3 is 0 Å². The summed E-state index contributed by atoms with van der Waals surface area (Å²) in [5, 5.41) is 9.97. The highest BCUT2D eigenvalue weighted by atomic mass is 19.1. The molecule has 2 aromatic rings. The highest BCUT2D eigenvalue weighted by molar-refractivity contribution is 5.77. The van der Waals surface area contributed by atoms with Crippen molar-refractivity contribution < 1.29 is 19.0 Å². The van der Waals surface area contributed by atoms with Gasteiger partial charge in [0.05, 0.1) is 0 Å². The topological polar surface area (TPSA) is 49.8 Å². The predicted molar refractivity (Wildman–Crippen MR) is 110 cm³/mol. The molecule has 150 valence electrons. The fourth-order valence-corrected chi connectivity index (χ4v) is 2.99. The zero-order chi connectivity index (χ0) is 21.0. The number of carbonyl (C=O) groups is 1. The van der Waals surface area contributed by atoms with Crippen LogP contribution >= 0.6 is 0 Å². The first-order chi connectivity index (χ1) is 13.1. The molecule has 0 spiro atoms. The van der Waals surface area contributed by atoms with Gasteiger partial charge in [-0.05, 0) is 47.7 Å². The van der Waals surface area contributed by atoms with E-state index >= 15 is 0 Å². The van der Waals surface area contributed by atoms with Gasteiger partial charge in [0.25, 0.3) is 5.91 Å². The SMILES string of the molecule is C=C(C)c1cc(OCC(=O)N(C)C)ccc1Cc1ccc(O)c(C(C)C)c1F. The summed E-state index contributed by atoms with van der Waals surface area (Å²) >= 11 is 0. The summed E-state index contributed by atoms with van der Waals surface area (Å²) in [6.07, 6.45) is 0.366. The molecule has 0 fully saturated rings. The minimum absolute atomic E-state index is 0.0225. The van der Waals surface area contributed by atoms with Gasteiger partial charge in [-0.3, -0.25) is 4.79 Å². The molecular weight excluding hydrogens is 357 g/mol. The number of hydrogen-bond acceptors (Lipinski definition) is 3. The number of hydrogen-bond donors (Lipinski definition) is 1. The van der Waals surface area contributed by atoms with E-state index in [0.29, 0.717) is 23.3 Å². The third-order valence-electron chi connectivity index (χ3n) is 4.60. The number of carbonyl (C=O) groups excluding carboxylic acids is 1. The summed E-state index contributed by atoms with van der Waals surface area (Å²) in [6, 6.07) is 8.60. The van der Waals surface area contributed by atoms with Crippen molar-refractivity contribution in [3.05, 3.63) is 65.0 Å². The number of rotatable bonds is 7. The minimum atomic E-state index is -0.375. The van der Waals surface area contributed by atoms with Gasteiger partial charge in [0.15, 0.2) is 6.61 Å². The van der Waals surface area contributed by atoms with Crippen molar-refractivity contribution >= 4 is 11.5 Å². The van der Waals surface area contributed by atoms with Crippen molar-refractivity contribution in [2.24, 2.45) is 0 Å². The molecule has 0 heterocycles. The van der Waals surface area contributed by atoms with E-state index in [1.165, 1.54) is 4.90 Å². The lowest BCUT2D eigenvalue weighted by Gasteiger charge is -2.16. The zero-order valence-corrected chi connectivity index (χ0v) is 17.2. The predicted octanol–water partition coefficient (Wildman–Crippen LogP) is 4.75. The fraction of sp³-hybridized carbons (Fsp3) is 0.348. The Morgan fingerprint density at radius 3 is 2.43 bits per heavy atom. The smallest absolute Gasteiger partial charge is 0.259 e. The van der Waals surface area contributed by atoms with Gasteiger partial charge < -0.3 is 14.7 Å². The number of phenols is 1. The van der Waals surface area contributed by atoms with Gasteiger partial charge in [-0.1, -0.05) is 38.1 Å². The number of likely N-dealkylation sites (N-methyl/N-ethyl adjacent to an activating group) is 1. The van der Waals surface area contributed by atoms with Crippen LogP contribution in [0.1, 0.15) is 48.9 Å². The highest BCUT2D eigenvalue weighted by Crippen LogP contribution is 2.32. The highest BCUT2D eigenvalue weighted by Gasteiger charge is 2.17. The number of benzene rings is 2. The summed E-state index contributed by atoms with van der Waals surface area (Å²) in [6.45, 7) is 9.54. The molecular formula is C23H28FNO3. The Morgan fingerprint density at radius 2 is 1.86 bits per heavy atom. The second-order valence-corrected chi connectivity index (χ2v) is 7.48. The van der Waals surface area contributed by atoms with Crippen molar-refractivity contribution in [2.45, 2.75) is 33.1 Å². The van der Waals surface area contributed by atoms with Gasteiger partial charge in [-0.2, -0.15) is 0 Å². The van der Waals surface area contributed by atoms with Crippen LogP contribution in [0.3, 0.4) is 0 Å². The van der Waals surface area contributed by atoms with Crippen LogP contribution in [-0.4, -0.2) is 36.6 Å². The van der Waals surface area contributed by atoms with Crippen LogP contribution in [-0.2, 0) is 11.2 Å². The normalized spacial score (nSPS) is 10.8. The summed E-state index contributed by atoms with van der Waals surface area (Å²) in [7, 11) is 3.34. The molecule has 2 aromatic carbocycles. The van der Waals surface area contributed by atoms with Crippen molar-refractivity contribution in [1.82, 2.24) is 4.90 Å². The lowest BCUT2D eigenvalue weighted by atomic mass is 9.92. The van der Waals surface area contributed by atoms with Crippen LogP contribution in [0.25, 0.3) is 5.57 Å². The molecule has 0 unspecified atom stereocenters. The Labute approximate surface area is 166 Å². The summed E-state index contributed by atoms with van der Waals surface area (Å²) < 4.78 is 20.5. The first kappa shape index (κ1) is 21.5. The first-order valence-electron chi connectivity index (χ1n) is 9.23. The third-order valence-corrected chi connectivity index (χ3v) is 4.60. The van der Waals surface area contributed by atoms with Crippen LogP contribution in [0.5, 0.6) is 11.5 Å². The van der Waals surface area contributed by atoms with Crippen LogP contribution in [0.15, 0.2) is 36.9 Å². The minimum Gasteiger partial charge on any atom is -0.508 e. The van der Waals surface area contributed by atoms with Crippen LogP contribution in [0.4, 0.5) is 4.39 Å². The Bertz CT molecular complexity index is 888. The van der Waals surface area contributed by atoms with Crippen molar-refractivity contribution in [3.63, 3.8) is 0 Å². The summed E-state index contributed by atoms with van der Waals surface area (Å²) in [4.78, 5) is 13.2. The Kier molecular flexibility index (Phi) is 6.84. The Morgan fingerprint density at radius 1 is 1.21 bits per heavy atom. The quantitative estimate of drug-likeness (QED) is 0.749.